The third-order valence-corrected chi connectivity index (χ3v) is 5.54. The zero-order valence-electron chi connectivity index (χ0n) is 21.3. The first-order chi connectivity index (χ1) is 15.7. The molecule has 3 atom stereocenters. The SMILES string of the molecule is CCCC(C)COC(=O)c1ccc(C(=O)OCC(C)CCC)c(C(=O)OCC(C)CCC)c1. The number of ether oxygens (including phenoxy) is 3. The zero-order valence-corrected chi connectivity index (χ0v) is 21.3. The van der Waals surface area contributed by atoms with Gasteiger partial charge in [0.05, 0.1) is 36.5 Å². The molecular weight excluding hydrogens is 420 g/mol. The van der Waals surface area contributed by atoms with Crippen LogP contribution in [0, 0.1) is 17.8 Å². The molecular formula is C27H42O6. The molecule has 0 bridgehead atoms. The molecule has 1 aromatic rings. The summed E-state index contributed by atoms with van der Waals surface area (Å²) >= 11 is 0. The second-order valence-electron chi connectivity index (χ2n) is 9.24. The topological polar surface area (TPSA) is 78.9 Å². The highest BCUT2D eigenvalue weighted by Gasteiger charge is 2.23. The Bertz CT molecular complexity index is 757. The predicted molar refractivity (Wildman–Crippen MR) is 130 cm³/mol. The fraction of sp³-hybridized carbons (Fsp3) is 0.667. The average Bonchev–Trinajstić information content (AvgIpc) is 2.79. The van der Waals surface area contributed by atoms with Gasteiger partial charge in [0, 0.05) is 0 Å². The predicted octanol–water partition coefficient (Wildman–Crippen LogP) is 6.47. The molecule has 0 heterocycles. The lowest BCUT2D eigenvalue weighted by Gasteiger charge is -2.15. The van der Waals surface area contributed by atoms with E-state index in [2.05, 4.69) is 20.8 Å². The minimum Gasteiger partial charge on any atom is -0.462 e. The molecule has 0 N–H and O–H groups in total. The standard InChI is InChI=1S/C27H42O6/c1-7-10-19(4)16-31-25(28)22-13-14-23(26(29)32-17-20(5)11-8-2)24(15-22)27(30)33-18-21(6)12-9-3/h13-15,19-21H,7-12,16-18H2,1-6H3. The van der Waals surface area contributed by atoms with Gasteiger partial charge < -0.3 is 14.2 Å². The molecule has 0 spiro atoms. The highest BCUT2D eigenvalue weighted by molar-refractivity contribution is 6.05. The van der Waals surface area contributed by atoms with Crippen LogP contribution < -0.4 is 0 Å². The Kier molecular flexibility index (Phi) is 13.4. The Morgan fingerprint density at radius 2 is 1.03 bits per heavy atom. The number of hydrogen-bond donors (Lipinski definition) is 0. The van der Waals surface area contributed by atoms with Gasteiger partial charge >= 0.3 is 17.9 Å². The highest BCUT2D eigenvalue weighted by atomic mass is 16.5. The van der Waals surface area contributed by atoms with E-state index in [0.717, 1.165) is 38.5 Å². The first-order valence-corrected chi connectivity index (χ1v) is 12.4. The van der Waals surface area contributed by atoms with Gasteiger partial charge in [0.25, 0.3) is 0 Å². The number of hydrogen-bond acceptors (Lipinski definition) is 6. The Morgan fingerprint density at radius 3 is 1.45 bits per heavy atom. The molecule has 186 valence electrons. The van der Waals surface area contributed by atoms with Crippen LogP contribution in [0.3, 0.4) is 0 Å². The summed E-state index contributed by atoms with van der Waals surface area (Å²) < 4.78 is 16.3. The minimum atomic E-state index is -0.638. The van der Waals surface area contributed by atoms with E-state index in [1.807, 2.05) is 20.8 Å². The van der Waals surface area contributed by atoms with Crippen LogP contribution in [-0.4, -0.2) is 37.7 Å². The Hall–Kier alpha value is -2.37. The summed E-state index contributed by atoms with van der Waals surface area (Å²) in [6.07, 6.45) is 5.84. The first-order valence-electron chi connectivity index (χ1n) is 12.4. The lowest BCUT2D eigenvalue weighted by atomic mass is 10.0. The van der Waals surface area contributed by atoms with Gasteiger partial charge in [0.15, 0.2) is 0 Å². The van der Waals surface area contributed by atoms with Crippen molar-refractivity contribution in [2.45, 2.75) is 80.1 Å². The highest BCUT2D eigenvalue weighted by Crippen LogP contribution is 2.19. The molecule has 0 aliphatic carbocycles. The second-order valence-corrected chi connectivity index (χ2v) is 9.24. The van der Waals surface area contributed by atoms with Crippen molar-refractivity contribution in [1.29, 1.82) is 0 Å². The van der Waals surface area contributed by atoms with Crippen LogP contribution >= 0.6 is 0 Å². The maximum absolute atomic E-state index is 12.9. The molecule has 0 fully saturated rings. The fourth-order valence-corrected chi connectivity index (χ4v) is 3.64. The van der Waals surface area contributed by atoms with E-state index in [1.54, 1.807) is 0 Å². The van der Waals surface area contributed by atoms with Gasteiger partial charge in [-0.15, -0.1) is 0 Å². The molecule has 6 nitrogen and oxygen atoms in total. The van der Waals surface area contributed by atoms with Gasteiger partial charge in [-0.05, 0) is 55.2 Å². The van der Waals surface area contributed by atoms with E-state index in [4.69, 9.17) is 14.2 Å². The quantitative estimate of drug-likeness (QED) is 0.220. The molecule has 0 amide bonds. The van der Waals surface area contributed by atoms with Crippen molar-refractivity contribution in [3.8, 4) is 0 Å². The third kappa shape index (κ3) is 10.4. The van der Waals surface area contributed by atoms with Gasteiger partial charge in [-0.25, -0.2) is 14.4 Å². The molecule has 1 aromatic carbocycles. The van der Waals surface area contributed by atoms with Crippen molar-refractivity contribution in [3.63, 3.8) is 0 Å². The third-order valence-electron chi connectivity index (χ3n) is 5.54. The number of benzene rings is 1. The molecule has 1 rings (SSSR count). The van der Waals surface area contributed by atoms with E-state index in [1.165, 1.54) is 18.2 Å². The lowest BCUT2D eigenvalue weighted by Crippen LogP contribution is -2.20. The van der Waals surface area contributed by atoms with Crippen molar-refractivity contribution in [3.05, 3.63) is 34.9 Å². The van der Waals surface area contributed by atoms with Crippen LogP contribution in [0.1, 0.15) is 111 Å². The van der Waals surface area contributed by atoms with E-state index >= 15 is 0 Å². The summed E-state index contributed by atoms with van der Waals surface area (Å²) in [5.74, 6) is -1.07. The fourth-order valence-electron chi connectivity index (χ4n) is 3.64. The maximum atomic E-state index is 12.9. The van der Waals surface area contributed by atoms with Crippen LogP contribution in [0.25, 0.3) is 0 Å². The van der Waals surface area contributed by atoms with E-state index in [-0.39, 0.29) is 47.7 Å². The summed E-state index contributed by atoms with van der Waals surface area (Å²) in [5.41, 5.74) is 0.341. The maximum Gasteiger partial charge on any atom is 0.339 e. The summed E-state index contributed by atoms with van der Waals surface area (Å²) in [7, 11) is 0. The van der Waals surface area contributed by atoms with Crippen LogP contribution in [0.15, 0.2) is 18.2 Å². The second kappa shape index (κ2) is 15.5. The summed E-state index contributed by atoms with van der Waals surface area (Å²) in [6, 6.07) is 4.33. The number of carbonyl (C=O) groups excluding carboxylic acids is 3. The smallest absolute Gasteiger partial charge is 0.339 e. The van der Waals surface area contributed by atoms with Gasteiger partial charge in [0.1, 0.15) is 0 Å². The van der Waals surface area contributed by atoms with Crippen LogP contribution in [0.4, 0.5) is 0 Å². The summed E-state index contributed by atoms with van der Waals surface area (Å²) in [5, 5.41) is 0. The van der Waals surface area contributed by atoms with Crippen molar-refractivity contribution in [2.24, 2.45) is 17.8 Å². The first kappa shape index (κ1) is 28.7. The molecule has 0 aromatic heterocycles. The van der Waals surface area contributed by atoms with Crippen LogP contribution in [0.2, 0.25) is 0 Å². The van der Waals surface area contributed by atoms with Crippen molar-refractivity contribution in [2.75, 3.05) is 19.8 Å². The summed E-state index contributed by atoms with van der Waals surface area (Å²) in [4.78, 5) is 38.2. The van der Waals surface area contributed by atoms with Crippen LogP contribution in [0.5, 0.6) is 0 Å². The number of rotatable bonds is 15. The van der Waals surface area contributed by atoms with Crippen molar-refractivity contribution in [1.82, 2.24) is 0 Å². The molecule has 33 heavy (non-hydrogen) atoms. The molecule has 0 radical (unpaired) electrons. The molecule has 6 heteroatoms. The molecule has 3 unspecified atom stereocenters. The number of carbonyl (C=O) groups is 3. The van der Waals surface area contributed by atoms with Crippen molar-refractivity contribution < 1.29 is 28.6 Å². The normalized spacial score (nSPS) is 13.6. The molecule has 0 aliphatic rings. The van der Waals surface area contributed by atoms with Gasteiger partial charge in [0.2, 0.25) is 0 Å². The van der Waals surface area contributed by atoms with Gasteiger partial charge in [-0.2, -0.15) is 0 Å². The lowest BCUT2D eigenvalue weighted by molar-refractivity contribution is 0.0394. The van der Waals surface area contributed by atoms with E-state index < -0.39 is 17.9 Å². The summed E-state index contributed by atoms with van der Waals surface area (Å²) in [6.45, 7) is 13.1. The molecule has 0 saturated carbocycles. The van der Waals surface area contributed by atoms with Gasteiger partial charge in [-0.1, -0.05) is 60.8 Å². The zero-order chi connectivity index (χ0) is 24.8. The monoisotopic (exact) mass is 462 g/mol. The largest absolute Gasteiger partial charge is 0.462 e. The van der Waals surface area contributed by atoms with E-state index in [0.29, 0.717) is 6.61 Å². The van der Waals surface area contributed by atoms with Gasteiger partial charge in [-0.3, -0.25) is 0 Å². The number of esters is 3. The Morgan fingerprint density at radius 1 is 0.636 bits per heavy atom. The van der Waals surface area contributed by atoms with Crippen LogP contribution in [-0.2, 0) is 14.2 Å². The van der Waals surface area contributed by atoms with E-state index in [9.17, 15) is 14.4 Å². The Labute approximate surface area is 199 Å². The molecule has 0 saturated heterocycles. The molecule has 0 aliphatic heterocycles. The Balaban J connectivity index is 3.05. The minimum absolute atomic E-state index is 0.0305. The average molecular weight is 463 g/mol. The van der Waals surface area contributed by atoms with Crippen molar-refractivity contribution >= 4 is 17.9 Å².